The number of amides is 1. The van der Waals surface area contributed by atoms with E-state index in [4.69, 9.17) is 10.5 Å². The van der Waals surface area contributed by atoms with Crippen molar-refractivity contribution in [1.82, 2.24) is 5.32 Å². The van der Waals surface area contributed by atoms with Crippen LogP contribution in [0.2, 0.25) is 0 Å². The molecule has 1 aliphatic carbocycles. The van der Waals surface area contributed by atoms with E-state index in [9.17, 15) is 4.79 Å². The largest absolute Gasteiger partial charge is 0.444 e. The molecule has 3 N–H and O–H groups in total. The fourth-order valence-corrected chi connectivity index (χ4v) is 1.83. The molecule has 4 heteroatoms. The molecule has 0 bridgehead atoms. The Morgan fingerprint density at radius 2 is 2.12 bits per heavy atom. The van der Waals surface area contributed by atoms with E-state index in [2.05, 4.69) is 17.5 Å². The van der Waals surface area contributed by atoms with E-state index in [1.54, 1.807) is 0 Å². The molecule has 1 amide bonds. The predicted molar refractivity (Wildman–Crippen MR) is 68.7 cm³/mol. The Kier molecular flexibility index (Phi) is 5.00. The molecule has 1 rings (SSSR count). The van der Waals surface area contributed by atoms with Crippen molar-refractivity contribution < 1.29 is 9.53 Å². The summed E-state index contributed by atoms with van der Waals surface area (Å²) in [5, 5.41) is 2.86. The number of ether oxygens (including phenoxy) is 1. The number of hydrogen-bond donors (Lipinski definition) is 2. The standard InChI is InChI=1S/C13H24N2O2/c1-13(2,3)17-12(16)15-11-9-7-5-4-6-8-10(11)14/h5,7,10-11H,4,6,8-9,14H2,1-3H3,(H,15,16)/b7-5+/t10-,11-/m1/s1. The third-order valence-electron chi connectivity index (χ3n) is 2.68. The first-order chi connectivity index (χ1) is 7.88. The van der Waals surface area contributed by atoms with Crippen LogP contribution < -0.4 is 11.1 Å². The Bertz CT molecular complexity index is 282. The zero-order chi connectivity index (χ0) is 12.9. The van der Waals surface area contributed by atoms with Crippen LogP contribution in [0, 0.1) is 0 Å². The fourth-order valence-electron chi connectivity index (χ4n) is 1.83. The highest BCUT2D eigenvalue weighted by Crippen LogP contribution is 2.13. The van der Waals surface area contributed by atoms with Gasteiger partial charge in [-0.2, -0.15) is 0 Å². The summed E-state index contributed by atoms with van der Waals surface area (Å²) in [5.74, 6) is 0. The van der Waals surface area contributed by atoms with E-state index < -0.39 is 5.60 Å². The van der Waals surface area contributed by atoms with Crippen molar-refractivity contribution in [3.05, 3.63) is 12.2 Å². The topological polar surface area (TPSA) is 64.3 Å². The third kappa shape index (κ3) is 5.73. The Hall–Kier alpha value is -1.03. The second kappa shape index (κ2) is 6.05. The van der Waals surface area contributed by atoms with Gasteiger partial charge in [-0.3, -0.25) is 0 Å². The fraction of sp³-hybridized carbons (Fsp3) is 0.769. The maximum atomic E-state index is 11.7. The first-order valence-electron chi connectivity index (χ1n) is 6.28. The lowest BCUT2D eigenvalue weighted by atomic mass is 9.97. The quantitative estimate of drug-likeness (QED) is 0.691. The van der Waals surface area contributed by atoms with Crippen LogP contribution in [0.25, 0.3) is 0 Å². The summed E-state index contributed by atoms with van der Waals surface area (Å²) in [7, 11) is 0. The van der Waals surface area contributed by atoms with Gasteiger partial charge in [0.05, 0.1) is 6.04 Å². The third-order valence-corrected chi connectivity index (χ3v) is 2.68. The smallest absolute Gasteiger partial charge is 0.407 e. The van der Waals surface area contributed by atoms with Crippen molar-refractivity contribution in [3.63, 3.8) is 0 Å². The summed E-state index contributed by atoms with van der Waals surface area (Å²) in [4.78, 5) is 11.7. The Morgan fingerprint density at radius 3 is 2.76 bits per heavy atom. The van der Waals surface area contributed by atoms with E-state index in [1.165, 1.54) is 0 Å². The van der Waals surface area contributed by atoms with E-state index in [0.717, 1.165) is 25.7 Å². The molecule has 0 saturated heterocycles. The van der Waals surface area contributed by atoms with Gasteiger partial charge >= 0.3 is 6.09 Å². The molecular weight excluding hydrogens is 216 g/mol. The van der Waals surface area contributed by atoms with Crippen molar-refractivity contribution >= 4 is 6.09 Å². The van der Waals surface area contributed by atoms with Gasteiger partial charge < -0.3 is 15.8 Å². The number of nitrogens with two attached hydrogens (primary N) is 1. The molecule has 2 atom stereocenters. The lowest BCUT2D eigenvalue weighted by Gasteiger charge is -2.27. The minimum absolute atomic E-state index is 0.00692. The monoisotopic (exact) mass is 240 g/mol. The maximum absolute atomic E-state index is 11.7. The lowest BCUT2D eigenvalue weighted by molar-refractivity contribution is 0.0495. The average molecular weight is 240 g/mol. The minimum atomic E-state index is -0.467. The second-order valence-electron chi connectivity index (χ2n) is 5.55. The molecule has 98 valence electrons. The highest BCUT2D eigenvalue weighted by molar-refractivity contribution is 5.68. The van der Waals surface area contributed by atoms with Gasteiger partial charge in [0, 0.05) is 6.04 Å². The summed E-state index contributed by atoms with van der Waals surface area (Å²) < 4.78 is 5.23. The van der Waals surface area contributed by atoms with Crippen molar-refractivity contribution in [2.45, 2.75) is 64.1 Å². The average Bonchev–Trinajstić information content (AvgIpc) is 2.15. The predicted octanol–water partition coefficient (Wildman–Crippen LogP) is 2.34. The molecule has 0 spiro atoms. The SMILES string of the molecule is CC(C)(C)OC(=O)N[C@@H]1C/C=C/CCC[C@H]1N. The molecule has 4 nitrogen and oxygen atoms in total. The van der Waals surface area contributed by atoms with Gasteiger partial charge in [-0.15, -0.1) is 0 Å². The summed E-state index contributed by atoms with van der Waals surface area (Å²) in [6.45, 7) is 5.56. The number of alkyl carbamates (subject to hydrolysis) is 1. The Morgan fingerprint density at radius 1 is 1.41 bits per heavy atom. The van der Waals surface area contributed by atoms with Gasteiger partial charge in [-0.05, 0) is 46.5 Å². The number of rotatable bonds is 1. The van der Waals surface area contributed by atoms with E-state index in [-0.39, 0.29) is 18.2 Å². The summed E-state index contributed by atoms with van der Waals surface area (Å²) in [6, 6.07) is -0.0196. The molecule has 0 heterocycles. The molecule has 0 aliphatic heterocycles. The summed E-state index contributed by atoms with van der Waals surface area (Å²) in [6.07, 6.45) is 7.71. The Labute approximate surface area is 104 Å². The highest BCUT2D eigenvalue weighted by Gasteiger charge is 2.23. The first kappa shape index (κ1) is 14.0. The second-order valence-corrected chi connectivity index (χ2v) is 5.55. The van der Waals surface area contributed by atoms with Gasteiger partial charge in [0.25, 0.3) is 0 Å². The first-order valence-corrected chi connectivity index (χ1v) is 6.28. The lowest BCUT2D eigenvalue weighted by Crippen LogP contribution is -2.49. The van der Waals surface area contributed by atoms with Crippen LogP contribution in [0.3, 0.4) is 0 Å². The molecule has 0 unspecified atom stereocenters. The van der Waals surface area contributed by atoms with Crippen LogP contribution in [0.15, 0.2) is 12.2 Å². The summed E-state index contributed by atoms with van der Waals surface area (Å²) in [5.41, 5.74) is 5.59. The number of hydrogen-bond acceptors (Lipinski definition) is 3. The molecular formula is C13H24N2O2. The normalized spacial score (nSPS) is 27.8. The van der Waals surface area contributed by atoms with Crippen LogP contribution in [0.5, 0.6) is 0 Å². The van der Waals surface area contributed by atoms with Crippen LogP contribution in [-0.2, 0) is 4.74 Å². The van der Waals surface area contributed by atoms with Gasteiger partial charge in [-0.25, -0.2) is 4.79 Å². The van der Waals surface area contributed by atoms with Gasteiger partial charge in [-0.1, -0.05) is 12.2 Å². The van der Waals surface area contributed by atoms with Crippen molar-refractivity contribution in [2.24, 2.45) is 5.73 Å². The Balaban J connectivity index is 2.49. The zero-order valence-corrected chi connectivity index (χ0v) is 11.0. The molecule has 0 saturated carbocycles. The molecule has 0 aromatic heterocycles. The van der Waals surface area contributed by atoms with Crippen LogP contribution >= 0.6 is 0 Å². The van der Waals surface area contributed by atoms with Gasteiger partial charge in [0.2, 0.25) is 0 Å². The number of carbonyl (C=O) groups is 1. The van der Waals surface area contributed by atoms with Crippen LogP contribution in [0.1, 0.15) is 46.5 Å². The number of nitrogens with one attached hydrogen (secondary N) is 1. The number of carbonyl (C=O) groups excluding carboxylic acids is 1. The molecule has 1 aliphatic rings. The minimum Gasteiger partial charge on any atom is -0.444 e. The summed E-state index contributed by atoms with van der Waals surface area (Å²) >= 11 is 0. The molecule has 0 aromatic rings. The van der Waals surface area contributed by atoms with Gasteiger partial charge in [0.15, 0.2) is 0 Å². The highest BCUT2D eigenvalue weighted by atomic mass is 16.6. The molecule has 0 fully saturated rings. The molecule has 0 radical (unpaired) electrons. The van der Waals surface area contributed by atoms with Crippen LogP contribution in [-0.4, -0.2) is 23.8 Å². The van der Waals surface area contributed by atoms with E-state index in [1.807, 2.05) is 20.8 Å². The van der Waals surface area contributed by atoms with Crippen LogP contribution in [0.4, 0.5) is 4.79 Å². The van der Waals surface area contributed by atoms with Crippen molar-refractivity contribution in [1.29, 1.82) is 0 Å². The van der Waals surface area contributed by atoms with Gasteiger partial charge in [0.1, 0.15) is 5.60 Å². The van der Waals surface area contributed by atoms with Crippen molar-refractivity contribution in [2.75, 3.05) is 0 Å². The zero-order valence-electron chi connectivity index (χ0n) is 11.0. The van der Waals surface area contributed by atoms with E-state index >= 15 is 0 Å². The van der Waals surface area contributed by atoms with E-state index in [0.29, 0.717) is 0 Å². The number of allylic oxidation sites excluding steroid dienone is 1. The van der Waals surface area contributed by atoms with Crippen molar-refractivity contribution in [3.8, 4) is 0 Å². The molecule has 17 heavy (non-hydrogen) atoms. The maximum Gasteiger partial charge on any atom is 0.407 e. The molecule has 0 aromatic carbocycles.